The van der Waals surface area contributed by atoms with Gasteiger partial charge in [0.25, 0.3) is 0 Å². The van der Waals surface area contributed by atoms with E-state index in [0.29, 0.717) is 0 Å². The molecule has 0 spiro atoms. The zero-order chi connectivity index (χ0) is 8.53. The van der Waals surface area contributed by atoms with Crippen LogP contribution < -0.4 is 0 Å². The number of rotatable bonds is 6. The maximum absolute atomic E-state index is 2.43. The Kier molecular flexibility index (Phi) is 8.93. The van der Waals surface area contributed by atoms with Gasteiger partial charge in [-0.1, -0.05) is 39.2 Å². The molecule has 0 aliphatic heterocycles. The van der Waals surface area contributed by atoms with Crippen molar-refractivity contribution in [3.63, 3.8) is 0 Å². The van der Waals surface area contributed by atoms with Crippen LogP contribution >= 0.6 is 22.6 Å². The van der Waals surface area contributed by atoms with Crippen LogP contribution in [0.3, 0.4) is 0 Å². The zero-order valence-corrected chi connectivity index (χ0v) is 9.86. The molecular weight excluding hydrogens is 247 g/mol. The lowest BCUT2D eigenvalue weighted by Gasteiger charge is -1.95. The van der Waals surface area contributed by atoms with Crippen LogP contribution in [0.5, 0.6) is 0 Å². The van der Waals surface area contributed by atoms with Crippen molar-refractivity contribution in [3.05, 3.63) is 9.66 Å². The number of hydrogen-bond acceptors (Lipinski definition) is 0. The summed E-state index contributed by atoms with van der Waals surface area (Å²) < 4.78 is 1.51. The lowest BCUT2D eigenvalue weighted by atomic mass is 10.1. The molecule has 0 nitrogen and oxygen atoms in total. The van der Waals surface area contributed by atoms with Gasteiger partial charge in [-0.3, -0.25) is 0 Å². The molecule has 66 valence electrons. The molecule has 0 rings (SSSR count). The first-order valence-electron chi connectivity index (χ1n) is 4.65. The summed E-state index contributed by atoms with van der Waals surface area (Å²) in [5.41, 5.74) is 0. The summed E-state index contributed by atoms with van der Waals surface area (Å²) >= 11 is 2.43. The number of hydrogen-bond donors (Lipinski definition) is 0. The molecule has 0 aromatic carbocycles. The van der Waals surface area contributed by atoms with Gasteiger partial charge in [-0.05, 0) is 45.4 Å². The lowest BCUT2D eigenvalue weighted by Crippen LogP contribution is -1.74. The Morgan fingerprint density at radius 3 is 2.45 bits per heavy atom. The van der Waals surface area contributed by atoms with Crippen LogP contribution in [-0.4, -0.2) is 0 Å². The molecule has 0 N–H and O–H groups in total. The lowest BCUT2D eigenvalue weighted by molar-refractivity contribution is 0.674. The summed E-state index contributed by atoms with van der Waals surface area (Å²) in [5.74, 6) is 0. The Balaban J connectivity index is 3.12. The van der Waals surface area contributed by atoms with Gasteiger partial charge < -0.3 is 0 Å². The van der Waals surface area contributed by atoms with Crippen LogP contribution in [0, 0.1) is 0 Å². The molecule has 0 radical (unpaired) electrons. The molecule has 0 aromatic rings. The third-order valence-electron chi connectivity index (χ3n) is 1.76. The molecular formula is C10H19I. The molecule has 1 heteroatoms. The van der Waals surface area contributed by atoms with E-state index < -0.39 is 0 Å². The highest BCUT2D eigenvalue weighted by atomic mass is 127. The van der Waals surface area contributed by atoms with E-state index in [1.165, 1.54) is 42.1 Å². The Morgan fingerprint density at radius 1 is 1.18 bits per heavy atom. The van der Waals surface area contributed by atoms with E-state index in [2.05, 4.69) is 42.5 Å². The van der Waals surface area contributed by atoms with E-state index in [-0.39, 0.29) is 0 Å². The van der Waals surface area contributed by atoms with E-state index in [1.807, 2.05) is 0 Å². The monoisotopic (exact) mass is 266 g/mol. The van der Waals surface area contributed by atoms with Crippen LogP contribution in [0.4, 0.5) is 0 Å². The Labute approximate surface area is 84.6 Å². The molecule has 0 aliphatic carbocycles. The fraction of sp³-hybridized carbons (Fsp3) is 0.800. The van der Waals surface area contributed by atoms with Crippen LogP contribution in [0.25, 0.3) is 0 Å². The highest BCUT2D eigenvalue weighted by Gasteiger charge is 1.87. The van der Waals surface area contributed by atoms with Gasteiger partial charge >= 0.3 is 0 Å². The highest BCUT2D eigenvalue weighted by molar-refractivity contribution is 14.1. The molecule has 11 heavy (non-hydrogen) atoms. The molecule has 0 unspecified atom stereocenters. The Morgan fingerprint density at radius 2 is 1.91 bits per heavy atom. The minimum atomic E-state index is 1.20. The largest absolute Gasteiger partial charge is 0.0752 e. The second-order valence-electron chi connectivity index (χ2n) is 2.85. The fourth-order valence-electron chi connectivity index (χ4n) is 0.974. The third kappa shape index (κ3) is 8.38. The minimum Gasteiger partial charge on any atom is -0.0752 e. The van der Waals surface area contributed by atoms with Crippen molar-refractivity contribution in [2.75, 3.05) is 0 Å². The quantitative estimate of drug-likeness (QED) is 0.483. The van der Waals surface area contributed by atoms with E-state index in [1.54, 1.807) is 0 Å². The van der Waals surface area contributed by atoms with Crippen LogP contribution in [0.1, 0.15) is 52.4 Å². The van der Waals surface area contributed by atoms with Gasteiger partial charge in [-0.2, -0.15) is 0 Å². The maximum Gasteiger partial charge on any atom is -0.0137 e. The number of unbranched alkanes of at least 4 members (excludes halogenated alkanes) is 4. The Hall–Kier alpha value is 0.470. The van der Waals surface area contributed by atoms with Crippen LogP contribution in [0.15, 0.2) is 9.66 Å². The molecule has 0 saturated carbocycles. The normalized spacial score (nSPS) is 12.1. The SMILES string of the molecule is CCCCCCC=C(I)CC. The summed E-state index contributed by atoms with van der Waals surface area (Å²) in [6.45, 7) is 4.47. The van der Waals surface area contributed by atoms with Gasteiger partial charge in [-0.15, -0.1) is 0 Å². The van der Waals surface area contributed by atoms with Gasteiger partial charge in [-0.25, -0.2) is 0 Å². The average Bonchev–Trinajstić information content (AvgIpc) is 2.04. The first-order chi connectivity index (χ1) is 5.31. The predicted molar refractivity (Wildman–Crippen MR) is 61.2 cm³/mol. The van der Waals surface area contributed by atoms with Crippen molar-refractivity contribution in [1.82, 2.24) is 0 Å². The summed E-state index contributed by atoms with van der Waals surface area (Å²) in [7, 11) is 0. The zero-order valence-electron chi connectivity index (χ0n) is 7.70. The van der Waals surface area contributed by atoms with Crippen molar-refractivity contribution in [3.8, 4) is 0 Å². The van der Waals surface area contributed by atoms with Crippen LogP contribution in [-0.2, 0) is 0 Å². The van der Waals surface area contributed by atoms with E-state index in [9.17, 15) is 0 Å². The predicted octanol–water partition coefficient (Wildman–Crippen LogP) is 4.69. The molecule has 0 bridgehead atoms. The molecule has 0 saturated heterocycles. The van der Waals surface area contributed by atoms with Crippen molar-refractivity contribution >= 4 is 22.6 Å². The van der Waals surface area contributed by atoms with E-state index in [0.717, 1.165) is 0 Å². The van der Waals surface area contributed by atoms with Gasteiger partial charge in [0.1, 0.15) is 0 Å². The van der Waals surface area contributed by atoms with E-state index in [4.69, 9.17) is 0 Å². The van der Waals surface area contributed by atoms with Gasteiger partial charge in [0.15, 0.2) is 0 Å². The number of allylic oxidation sites excluding steroid dienone is 2. The minimum absolute atomic E-state index is 1.20. The van der Waals surface area contributed by atoms with Crippen molar-refractivity contribution in [2.45, 2.75) is 52.4 Å². The van der Waals surface area contributed by atoms with Gasteiger partial charge in [0, 0.05) is 0 Å². The van der Waals surface area contributed by atoms with Gasteiger partial charge in [0.05, 0.1) is 0 Å². The average molecular weight is 266 g/mol. The van der Waals surface area contributed by atoms with Crippen LogP contribution in [0.2, 0.25) is 0 Å². The Bertz CT molecular complexity index is 105. The third-order valence-corrected chi connectivity index (χ3v) is 2.96. The molecule has 0 atom stereocenters. The first kappa shape index (κ1) is 11.5. The molecule has 0 fully saturated rings. The second kappa shape index (κ2) is 8.57. The second-order valence-corrected chi connectivity index (χ2v) is 4.24. The van der Waals surface area contributed by atoms with E-state index >= 15 is 0 Å². The molecule has 0 aliphatic rings. The van der Waals surface area contributed by atoms with Gasteiger partial charge in [0.2, 0.25) is 0 Å². The molecule has 0 aromatic heterocycles. The standard InChI is InChI=1S/C10H19I/c1-3-5-6-7-8-9-10(11)4-2/h9H,3-8H2,1-2H3. The summed E-state index contributed by atoms with van der Waals surface area (Å²) in [6.07, 6.45) is 10.4. The summed E-state index contributed by atoms with van der Waals surface area (Å²) in [6, 6.07) is 0. The highest BCUT2D eigenvalue weighted by Crippen LogP contribution is 2.13. The van der Waals surface area contributed by atoms with Crippen molar-refractivity contribution < 1.29 is 0 Å². The smallest absolute Gasteiger partial charge is 0.0137 e. The number of halogens is 1. The molecule has 0 amide bonds. The summed E-state index contributed by atoms with van der Waals surface area (Å²) in [4.78, 5) is 0. The fourth-order valence-corrected chi connectivity index (χ4v) is 1.29. The van der Waals surface area contributed by atoms with Crippen molar-refractivity contribution in [1.29, 1.82) is 0 Å². The van der Waals surface area contributed by atoms with Crippen molar-refractivity contribution in [2.24, 2.45) is 0 Å². The topological polar surface area (TPSA) is 0 Å². The first-order valence-corrected chi connectivity index (χ1v) is 5.73. The molecule has 0 heterocycles. The summed E-state index contributed by atoms with van der Waals surface area (Å²) in [5, 5.41) is 0. The maximum atomic E-state index is 2.43.